The van der Waals surface area contributed by atoms with Crippen LogP contribution in [0.15, 0.2) is 66.7 Å². The van der Waals surface area contributed by atoms with Crippen molar-refractivity contribution in [2.75, 3.05) is 18.4 Å². The number of benzene rings is 3. The molecular weight excluding hydrogens is 411 g/mol. The summed E-state index contributed by atoms with van der Waals surface area (Å²) in [6.45, 7) is 5.56. The van der Waals surface area contributed by atoms with Crippen LogP contribution in [0.25, 0.3) is 0 Å². The average Bonchev–Trinajstić information content (AvgIpc) is 2.83. The zero-order valence-electron chi connectivity index (χ0n) is 19.9. The number of nitrogens with one attached hydrogen (secondary N) is 1. The van der Waals surface area contributed by atoms with Crippen LogP contribution in [-0.4, -0.2) is 13.1 Å². The molecule has 3 aromatic carbocycles. The van der Waals surface area contributed by atoms with E-state index >= 15 is 0 Å². The fraction of sp³-hybridized carbons (Fsp3) is 0.379. The van der Waals surface area contributed by atoms with Crippen LogP contribution in [0, 0.1) is 12.7 Å². The second kappa shape index (κ2) is 13.0. The predicted octanol–water partition coefficient (Wildman–Crippen LogP) is 7.59. The van der Waals surface area contributed by atoms with Crippen LogP contribution in [0.3, 0.4) is 0 Å². The van der Waals surface area contributed by atoms with E-state index in [1.165, 1.54) is 11.1 Å². The van der Waals surface area contributed by atoms with Gasteiger partial charge in [-0.1, -0.05) is 49.7 Å². The lowest BCUT2D eigenvalue weighted by Crippen LogP contribution is -2.10. The molecule has 3 nitrogen and oxygen atoms in total. The first-order valence-electron chi connectivity index (χ1n) is 12.2. The third kappa shape index (κ3) is 7.33. The maximum Gasteiger partial charge on any atom is 0.146 e. The van der Waals surface area contributed by atoms with Crippen molar-refractivity contribution in [3.05, 3.63) is 89.2 Å². The Bertz CT molecular complexity index is 990. The SMILES string of the molecule is CCC(CCN)c1cc(NCCCCCc2ccccc2Oc2ccccc2)c(F)cc1C. The van der Waals surface area contributed by atoms with E-state index in [9.17, 15) is 4.39 Å². The number of unbranched alkanes of at least 4 members (excludes halogenated alkanes) is 2. The molecule has 0 aromatic heterocycles. The molecule has 3 rings (SSSR count). The maximum atomic E-state index is 14.5. The molecule has 3 N–H and O–H groups in total. The van der Waals surface area contributed by atoms with Crippen molar-refractivity contribution in [1.82, 2.24) is 0 Å². The van der Waals surface area contributed by atoms with E-state index < -0.39 is 0 Å². The first kappa shape index (κ1) is 24.8. The van der Waals surface area contributed by atoms with Crippen molar-refractivity contribution in [3.63, 3.8) is 0 Å². The molecule has 33 heavy (non-hydrogen) atoms. The largest absolute Gasteiger partial charge is 0.457 e. The van der Waals surface area contributed by atoms with Gasteiger partial charge in [0.25, 0.3) is 0 Å². The van der Waals surface area contributed by atoms with Gasteiger partial charge in [-0.05, 0) is 98.5 Å². The first-order chi connectivity index (χ1) is 16.1. The van der Waals surface area contributed by atoms with Gasteiger partial charge in [0.15, 0.2) is 0 Å². The van der Waals surface area contributed by atoms with Gasteiger partial charge in [0.2, 0.25) is 0 Å². The molecule has 1 atom stereocenters. The van der Waals surface area contributed by atoms with Gasteiger partial charge in [-0.25, -0.2) is 4.39 Å². The van der Waals surface area contributed by atoms with Crippen LogP contribution < -0.4 is 15.8 Å². The van der Waals surface area contributed by atoms with Gasteiger partial charge in [-0.15, -0.1) is 0 Å². The molecule has 1 unspecified atom stereocenters. The van der Waals surface area contributed by atoms with E-state index in [0.29, 0.717) is 18.2 Å². The Hall–Kier alpha value is -2.85. The zero-order chi connectivity index (χ0) is 23.5. The average molecular weight is 449 g/mol. The molecule has 0 saturated heterocycles. The lowest BCUT2D eigenvalue weighted by molar-refractivity contribution is 0.474. The van der Waals surface area contributed by atoms with Gasteiger partial charge in [-0.2, -0.15) is 0 Å². The van der Waals surface area contributed by atoms with Gasteiger partial charge in [-0.3, -0.25) is 0 Å². The summed E-state index contributed by atoms with van der Waals surface area (Å²) in [5, 5.41) is 3.31. The van der Waals surface area contributed by atoms with Crippen LogP contribution in [0.4, 0.5) is 10.1 Å². The molecule has 0 fully saturated rings. The Labute approximate surface area is 198 Å². The topological polar surface area (TPSA) is 47.3 Å². The fourth-order valence-electron chi connectivity index (χ4n) is 4.31. The molecule has 0 radical (unpaired) electrons. The van der Waals surface area contributed by atoms with E-state index in [2.05, 4.69) is 24.4 Å². The Morgan fingerprint density at radius 1 is 0.970 bits per heavy atom. The van der Waals surface area contributed by atoms with Gasteiger partial charge in [0.1, 0.15) is 17.3 Å². The number of aryl methyl sites for hydroxylation is 2. The number of ether oxygens (including phenoxy) is 1. The standard InChI is InChI=1S/C29H37FN2O/c1-3-23(17-18-31)26-21-28(27(30)20-22(26)2)32-19-11-5-6-12-24-13-9-10-16-29(24)33-25-14-7-4-8-15-25/h4,7-10,13-16,20-21,23,32H,3,5-6,11-12,17-19,31H2,1-2H3. The highest BCUT2D eigenvalue weighted by Crippen LogP contribution is 2.30. The molecular formula is C29H37FN2O. The van der Waals surface area contributed by atoms with E-state index in [0.717, 1.165) is 62.1 Å². The summed E-state index contributed by atoms with van der Waals surface area (Å²) < 4.78 is 20.6. The highest BCUT2D eigenvalue weighted by atomic mass is 19.1. The van der Waals surface area contributed by atoms with E-state index in [1.54, 1.807) is 6.07 Å². The molecule has 0 aliphatic rings. The highest BCUT2D eigenvalue weighted by Gasteiger charge is 2.14. The van der Waals surface area contributed by atoms with Crippen molar-refractivity contribution in [3.8, 4) is 11.5 Å². The monoisotopic (exact) mass is 448 g/mol. The Morgan fingerprint density at radius 3 is 2.48 bits per heavy atom. The van der Waals surface area contributed by atoms with Crippen LogP contribution in [0.5, 0.6) is 11.5 Å². The number of rotatable bonds is 13. The Kier molecular flexibility index (Phi) is 9.77. The summed E-state index contributed by atoms with van der Waals surface area (Å²) in [6, 6.07) is 21.7. The number of hydrogen-bond donors (Lipinski definition) is 2. The summed E-state index contributed by atoms with van der Waals surface area (Å²) >= 11 is 0. The molecule has 0 spiro atoms. The van der Waals surface area contributed by atoms with Crippen LogP contribution in [0.2, 0.25) is 0 Å². The summed E-state index contributed by atoms with van der Waals surface area (Å²) in [7, 11) is 0. The third-order valence-electron chi connectivity index (χ3n) is 6.19. The quantitative estimate of drug-likeness (QED) is 0.265. The minimum Gasteiger partial charge on any atom is -0.457 e. The predicted molar refractivity (Wildman–Crippen MR) is 137 cm³/mol. The highest BCUT2D eigenvalue weighted by molar-refractivity contribution is 5.51. The summed E-state index contributed by atoms with van der Waals surface area (Å²) in [5.74, 6) is 1.98. The minimum atomic E-state index is -0.175. The molecule has 0 aliphatic carbocycles. The van der Waals surface area contributed by atoms with Crippen molar-refractivity contribution in [1.29, 1.82) is 0 Å². The van der Waals surface area contributed by atoms with Gasteiger partial charge in [0.05, 0.1) is 5.69 Å². The number of nitrogens with two attached hydrogens (primary N) is 1. The van der Waals surface area contributed by atoms with E-state index in [-0.39, 0.29) is 5.82 Å². The van der Waals surface area contributed by atoms with Gasteiger partial charge < -0.3 is 15.8 Å². The van der Waals surface area contributed by atoms with Crippen LogP contribution in [0.1, 0.15) is 61.6 Å². The molecule has 4 heteroatoms. The van der Waals surface area contributed by atoms with Crippen LogP contribution in [-0.2, 0) is 6.42 Å². The number of halogens is 1. The van der Waals surface area contributed by atoms with Crippen molar-refractivity contribution in [2.24, 2.45) is 5.73 Å². The lowest BCUT2D eigenvalue weighted by Gasteiger charge is -2.19. The molecule has 0 aliphatic heterocycles. The normalized spacial score (nSPS) is 11.9. The van der Waals surface area contributed by atoms with Crippen molar-refractivity contribution >= 4 is 5.69 Å². The second-order valence-electron chi connectivity index (χ2n) is 8.63. The summed E-state index contributed by atoms with van der Waals surface area (Å²) in [5.41, 5.74) is 9.82. The number of para-hydroxylation sites is 2. The number of anilines is 1. The van der Waals surface area contributed by atoms with Crippen LogP contribution >= 0.6 is 0 Å². The molecule has 176 valence electrons. The second-order valence-corrected chi connectivity index (χ2v) is 8.63. The molecule has 0 bridgehead atoms. The molecule has 0 heterocycles. The Morgan fingerprint density at radius 2 is 1.73 bits per heavy atom. The lowest BCUT2D eigenvalue weighted by atomic mass is 9.89. The smallest absolute Gasteiger partial charge is 0.146 e. The zero-order valence-corrected chi connectivity index (χ0v) is 19.9. The van der Waals surface area contributed by atoms with E-state index in [1.807, 2.05) is 55.5 Å². The Balaban J connectivity index is 1.48. The molecule has 0 saturated carbocycles. The van der Waals surface area contributed by atoms with Crippen molar-refractivity contribution < 1.29 is 9.13 Å². The third-order valence-corrected chi connectivity index (χ3v) is 6.19. The minimum absolute atomic E-state index is 0.175. The van der Waals surface area contributed by atoms with Gasteiger partial charge >= 0.3 is 0 Å². The molecule has 0 amide bonds. The number of hydrogen-bond acceptors (Lipinski definition) is 3. The van der Waals surface area contributed by atoms with E-state index in [4.69, 9.17) is 10.5 Å². The summed E-state index contributed by atoms with van der Waals surface area (Å²) in [4.78, 5) is 0. The summed E-state index contributed by atoms with van der Waals surface area (Å²) in [6.07, 6.45) is 6.02. The van der Waals surface area contributed by atoms with Crippen molar-refractivity contribution in [2.45, 2.75) is 58.3 Å². The fourth-order valence-corrected chi connectivity index (χ4v) is 4.31. The molecule has 3 aromatic rings. The first-order valence-corrected chi connectivity index (χ1v) is 12.2. The van der Waals surface area contributed by atoms with Gasteiger partial charge in [0, 0.05) is 6.54 Å². The maximum absolute atomic E-state index is 14.5.